The van der Waals surface area contributed by atoms with Gasteiger partial charge in [-0.05, 0) is 36.6 Å². The summed E-state index contributed by atoms with van der Waals surface area (Å²) in [5.74, 6) is -0.545. The Kier molecular flexibility index (Phi) is 5.88. The highest BCUT2D eigenvalue weighted by Crippen LogP contribution is 2.24. The van der Waals surface area contributed by atoms with Gasteiger partial charge in [-0.2, -0.15) is 5.26 Å². The lowest BCUT2D eigenvalue weighted by atomic mass is 9.87. The molecule has 116 valence electrons. The van der Waals surface area contributed by atoms with E-state index in [0.29, 0.717) is 11.4 Å². The van der Waals surface area contributed by atoms with E-state index >= 15 is 0 Å². The largest absolute Gasteiger partial charge is 0.325 e. The standard InChI is InChI=1S/C17H21N3O2/c1-12(17(2,3)4)11-16(22)20-14-7-5-13(6-8-14)19-15(21)9-10-18/h5-8,11H,9H2,1-4H3,(H,19,21)(H,20,22)/b12-11+. The first-order chi connectivity index (χ1) is 10.2. The maximum Gasteiger partial charge on any atom is 0.248 e. The van der Waals surface area contributed by atoms with Crippen molar-refractivity contribution in [1.82, 2.24) is 0 Å². The molecule has 0 radical (unpaired) electrons. The van der Waals surface area contributed by atoms with Gasteiger partial charge in [0.1, 0.15) is 6.42 Å². The predicted molar refractivity (Wildman–Crippen MR) is 87.1 cm³/mol. The number of benzene rings is 1. The second-order valence-corrected chi connectivity index (χ2v) is 6.03. The first-order valence-electron chi connectivity index (χ1n) is 6.99. The van der Waals surface area contributed by atoms with E-state index in [1.165, 1.54) is 0 Å². The summed E-state index contributed by atoms with van der Waals surface area (Å²) in [5, 5.41) is 13.8. The lowest BCUT2D eigenvalue weighted by Gasteiger charge is -2.19. The predicted octanol–water partition coefficient (Wildman–Crippen LogP) is 3.47. The molecule has 1 rings (SSSR count). The average Bonchev–Trinajstić information content (AvgIpc) is 2.40. The first kappa shape index (κ1) is 17.4. The van der Waals surface area contributed by atoms with E-state index in [2.05, 4.69) is 10.6 Å². The second-order valence-electron chi connectivity index (χ2n) is 6.03. The Morgan fingerprint density at radius 1 is 1.14 bits per heavy atom. The molecule has 0 saturated heterocycles. The van der Waals surface area contributed by atoms with Gasteiger partial charge < -0.3 is 10.6 Å². The van der Waals surface area contributed by atoms with Crippen molar-refractivity contribution in [3.8, 4) is 6.07 Å². The summed E-state index contributed by atoms with van der Waals surface area (Å²) in [6.07, 6.45) is 1.40. The molecule has 0 atom stereocenters. The third-order valence-electron chi connectivity index (χ3n) is 3.21. The van der Waals surface area contributed by atoms with Crippen LogP contribution in [0.2, 0.25) is 0 Å². The zero-order chi connectivity index (χ0) is 16.8. The summed E-state index contributed by atoms with van der Waals surface area (Å²) in [7, 11) is 0. The average molecular weight is 299 g/mol. The monoisotopic (exact) mass is 299 g/mol. The van der Waals surface area contributed by atoms with Gasteiger partial charge in [0.05, 0.1) is 6.07 Å². The number of nitrogens with one attached hydrogen (secondary N) is 2. The van der Waals surface area contributed by atoms with Gasteiger partial charge in [-0.3, -0.25) is 9.59 Å². The highest BCUT2D eigenvalue weighted by atomic mass is 16.2. The smallest absolute Gasteiger partial charge is 0.248 e. The lowest BCUT2D eigenvalue weighted by molar-refractivity contribution is -0.115. The van der Waals surface area contributed by atoms with Gasteiger partial charge in [0.2, 0.25) is 11.8 Å². The third-order valence-corrected chi connectivity index (χ3v) is 3.21. The third kappa shape index (κ3) is 5.80. The fourth-order valence-corrected chi connectivity index (χ4v) is 1.51. The van der Waals surface area contributed by atoms with Crippen LogP contribution in [0.25, 0.3) is 0 Å². The van der Waals surface area contributed by atoms with Crippen LogP contribution in [-0.4, -0.2) is 11.8 Å². The van der Waals surface area contributed by atoms with Crippen molar-refractivity contribution in [3.63, 3.8) is 0 Å². The van der Waals surface area contributed by atoms with E-state index < -0.39 is 0 Å². The molecule has 0 bridgehead atoms. The number of nitrogens with zero attached hydrogens (tertiary/aromatic N) is 1. The second kappa shape index (κ2) is 7.41. The van der Waals surface area contributed by atoms with E-state index in [1.807, 2.05) is 27.7 Å². The van der Waals surface area contributed by atoms with Gasteiger partial charge in [0, 0.05) is 17.5 Å². The summed E-state index contributed by atoms with van der Waals surface area (Å²) < 4.78 is 0. The molecule has 2 amide bonds. The van der Waals surface area contributed by atoms with Crippen molar-refractivity contribution in [2.75, 3.05) is 10.6 Å². The first-order valence-corrected chi connectivity index (χ1v) is 6.99. The SMILES string of the molecule is C/C(=C\C(=O)Nc1ccc(NC(=O)CC#N)cc1)C(C)(C)C. The van der Waals surface area contributed by atoms with Gasteiger partial charge >= 0.3 is 0 Å². The number of carbonyl (C=O) groups excluding carboxylic acids is 2. The Bertz CT molecular complexity index is 617. The maximum absolute atomic E-state index is 11.9. The van der Waals surface area contributed by atoms with Crippen molar-refractivity contribution in [3.05, 3.63) is 35.9 Å². The van der Waals surface area contributed by atoms with Gasteiger partial charge in [0.25, 0.3) is 0 Å². The van der Waals surface area contributed by atoms with Crippen LogP contribution < -0.4 is 10.6 Å². The normalized spacial score (nSPS) is 11.5. The summed E-state index contributed by atoms with van der Waals surface area (Å²) in [6, 6.07) is 8.51. The van der Waals surface area contributed by atoms with Gasteiger partial charge in [0.15, 0.2) is 0 Å². The molecule has 0 aliphatic heterocycles. The molecule has 5 heteroatoms. The van der Waals surface area contributed by atoms with Crippen LogP contribution in [0.3, 0.4) is 0 Å². The van der Waals surface area contributed by atoms with Crippen LogP contribution in [0, 0.1) is 16.7 Å². The molecule has 5 nitrogen and oxygen atoms in total. The Labute approximate surface area is 131 Å². The number of hydrogen-bond acceptors (Lipinski definition) is 3. The van der Waals surface area contributed by atoms with E-state index in [0.717, 1.165) is 5.57 Å². The zero-order valence-electron chi connectivity index (χ0n) is 13.4. The van der Waals surface area contributed by atoms with Gasteiger partial charge in [-0.25, -0.2) is 0 Å². The highest BCUT2D eigenvalue weighted by molar-refractivity contribution is 6.00. The minimum atomic E-state index is -0.358. The number of allylic oxidation sites excluding steroid dienone is 1. The number of amides is 2. The van der Waals surface area contributed by atoms with Crippen LogP contribution in [0.1, 0.15) is 34.1 Å². The van der Waals surface area contributed by atoms with Crippen molar-refractivity contribution >= 4 is 23.2 Å². The minimum absolute atomic E-state index is 0.0494. The molecular weight excluding hydrogens is 278 g/mol. The topological polar surface area (TPSA) is 82.0 Å². The molecule has 0 aliphatic carbocycles. The van der Waals surface area contributed by atoms with Crippen LogP contribution in [0.15, 0.2) is 35.9 Å². The molecule has 0 saturated carbocycles. The molecule has 0 aliphatic rings. The highest BCUT2D eigenvalue weighted by Gasteiger charge is 2.13. The van der Waals surface area contributed by atoms with Gasteiger partial charge in [-0.1, -0.05) is 26.3 Å². The van der Waals surface area contributed by atoms with Crippen molar-refractivity contribution in [1.29, 1.82) is 5.26 Å². The molecule has 1 aromatic rings. The van der Waals surface area contributed by atoms with E-state index in [1.54, 1.807) is 36.4 Å². The van der Waals surface area contributed by atoms with Crippen molar-refractivity contribution in [2.24, 2.45) is 5.41 Å². The Morgan fingerprint density at radius 3 is 2.09 bits per heavy atom. The van der Waals surface area contributed by atoms with Crippen LogP contribution >= 0.6 is 0 Å². The number of rotatable bonds is 4. The zero-order valence-corrected chi connectivity index (χ0v) is 13.4. The Hall–Kier alpha value is -2.61. The molecule has 22 heavy (non-hydrogen) atoms. The lowest BCUT2D eigenvalue weighted by Crippen LogP contribution is -2.14. The van der Waals surface area contributed by atoms with Crippen molar-refractivity contribution < 1.29 is 9.59 Å². The number of nitriles is 1. The fourth-order valence-electron chi connectivity index (χ4n) is 1.51. The summed E-state index contributed by atoms with van der Waals surface area (Å²) in [6.45, 7) is 8.06. The van der Waals surface area contributed by atoms with E-state index in [9.17, 15) is 9.59 Å². The Balaban J connectivity index is 2.67. The summed E-state index contributed by atoms with van der Waals surface area (Å²) in [4.78, 5) is 23.2. The molecule has 0 spiro atoms. The number of carbonyl (C=O) groups is 2. The van der Waals surface area contributed by atoms with E-state index in [-0.39, 0.29) is 23.7 Å². The quantitative estimate of drug-likeness (QED) is 0.835. The molecule has 0 heterocycles. The molecule has 1 aromatic carbocycles. The van der Waals surface area contributed by atoms with E-state index in [4.69, 9.17) is 5.26 Å². The van der Waals surface area contributed by atoms with Gasteiger partial charge in [-0.15, -0.1) is 0 Å². The minimum Gasteiger partial charge on any atom is -0.325 e. The van der Waals surface area contributed by atoms with Crippen LogP contribution in [0.5, 0.6) is 0 Å². The van der Waals surface area contributed by atoms with Crippen molar-refractivity contribution in [2.45, 2.75) is 34.1 Å². The molecule has 2 N–H and O–H groups in total. The fraction of sp³-hybridized carbons (Fsp3) is 0.353. The molecular formula is C17H21N3O2. The number of anilines is 2. The maximum atomic E-state index is 11.9. The summed E-state index contributed by atoms with van der Waals surface area (Å²) in [5.41, 5.74) is 2.16. The van der Waals surface area contributed by atoms with Crippen LogP contribution in [-0.2, 0) is 9.59 Å². The Morgan fingerprint density at radius 2 is 1.64 bits per heavy atom. The number of hydrogen-bond donors (Lipinski definition) is 2. The molecule has 0 fully saturated rings. The molecule has 0 aromatic heterocycles. The molecule has 0 unspecified atom stereocenters. The van der Waals surface area contributed by atoms with Crippen LogP contribution in [0.4, 0.5) is 11.4 Å². The summed E-state index contributed by atoms with van der Waals surface area (Å²) >= 11 is 0.